The van der Waals surface area contributed by atoms with E-state index in [4.69, 9.17) is 4.74 Å². The number of nitrogens with zero attached hydrogens (tertiary/aromatic N) is 4. The standard InChI is InChI=1S/C34H42N6O4S.2H2/c1-22-12-23-14-24(13-22)19-34(2,18-23)38-30(41)20-44-27-16-25(15-26(17-27)32(43)40-10-8-39(3)9-11-40)31(42)37-33-36-29(21-45-33)28-6-4-5-7-35-28;;/h4-7,15-17,21-24H,8-14,18-20H2,1-3H3,(H,38,41)(H,36,37,42);2*1H. The van der Waals surface area contributed by atoms with Gasteiger partial charge in [0.1, 0.15) is 11.4 Å². The minimum absolute atomic E-state index is 0. The number of benzene rings is 1. The largest absolute Gasteiger partial charge is 0.484 e. The van der Waals surface area contributed by atoms with Crippen LogP contribution in [0.3, 0.4) is 0 Å². The Morgan fingerprint density at radius 3 is 2.47 bits per heavy atom. The molecule has 10 nitrogen and oxygen atoms in total. The van der Waals surface area contributed by atoms with Gasteiger partial charge in [-0.05, 0) is 94.2 Å². The lowest BCUT2D eigenvalue weighted by atomic mass is 9.62. The van der Waals surface area contributed by atoms with Gasteiger partial charge < -0.3 is 19.9 Å². The van der Waals surface area contributed by atoms with Gasteiger partial charge in [0.15, 0.2) is 11.7 Å². The van der Waals surface area contributed by atoms with E-state index >= 15 is 0 Å². The summed E-state index contributed by atoms with van der Waals surface area (Å²) in [6, 6.07) is 10.4. The van der Waals surface area contributed by atoms with E-state index in [9.17, 15) is 14.4 Å². The number of anilines is 1. The molecule has 3 heterocycles. The maximum atomic E-state index is 13.5. The van der Waals surface area contributed by atoms with Crippen molar-refractivity contribution in [1.82, 2.24) is 25.1 Å². The number of rotatable bonds is 8. The minimum atomic E-state index is -0.422. The number of carbonyl (C=O) groups excluding carboxylic acids is 3. The van der Waals surface area contributed by atoms with Crippen LogP contribution in [0.1, 0.15) is 69.5 Å². The van der Waals surface area contributed by atoms with Crippen LogP contribution in [0.4, 0.5) is 5.13 Å². The zero-order valence-electron chi connectivity index (χ0n) is 26.3. The quantitative estimate of drug-likeness (QED) is 0.339. The molecule has 3 fully saturated rings. The van der Waals surface area contributed by atoms with Gasteiger partial charge in [0, 0.05) is 57.3 Å². The maximum absolute atomic E-state index is 13.5. The Morgan fingerprint density at radius 2 is 1.76 bits per heavy atom. The van der Waals surface area contributed by atoms with E-state index in [1.54, 1.807) is 29.3 Å². The fourth-order valence-electron chi connectivity index (χ4n) is 7.47. The molecule has 242 valence electrons. The zero-order chi connectivity index (χ0) is 31.6. The minimum Gasteiger partial charge on any atom is -0.484 e. The number of pyridine rings is 1. The van der Waals surface area contributed by atoms with Gasteiger partial charge in [-0.15, -0.1) is 11.3 Å². The summed E-state index contributed by atoms with van der Waals surface area (Å²) >= 11 is 1.29. The number of piperazine rings is 1. The zero-order valence-corrected chi connectivity index (χ0v) is 27.1. The van der Waals surface area contributed by atoms with E-state index < -0.39 is 5.91 Å². The van der Waals surface area contributed by atoms with E-state index in [0.717, 1.165) is 31.8 Å². The van der Waals surface area contributed by atoms with Gasteiger partial charge in [-0.25, -0.2) is 4.98 Å². The first-order chi connectivity index (χ1) is 21.6. The van der Waals surface area contributed by atoms with Crippen LogP contribution in [0.15, 0.2) is 48.0 Å². The second-order valence-electron chi connectivity index (χ2n) is 13.4. The second kappa shape index (κ2) is 13.3. The smallest absolute Gasteiger partial charge is 0.258 e. The summed E-state index contributed by atoms with van der Waals surface area (Å²) in [6.45, 7) is 7.03. The van der Waals surface area contributed by atoms with Crippen molar-refractivity contribution in [3.8, 4) is 17.1 Å². The molecule has 3 aromatic rings. The number of thiazole rings is 1. The fourth-order valence-corrected chi connectivity index (χ4v) is 8.17. The summed E-state index contributed by atoms with van der Waals surface area (Å²) in [5.74, 6) is 1.55. The lowest BCUT2D eigenvalue weighted by molar-refractivity contribution is -0.126. The summed E-state index contributed by atoms with van der Waals surface area (Å²) in [5, 5.41) is 8.35. The SMILES string of the molecule is CC1CC2CC(C1)CC(C)(NC(=O)COc1cc(C(=O)Nc3nc(-c4ccccn4)cs3)cc(C(=O)N3CCN(C)CC3)c1)C2.[HH].[HH]. The Balaban J connectivity index is 0.00000250. The van der Waals surface area contributed by atoms with Crippen molar-refractivity contribution in [2.45, 2.75) is 51.5 Å². The highest BCUT2D eigenvalue weighted by Gasteiger charge is 2.41. The maximum Gasteiger partial charge on any atom is 0.258 e. The molecule has 2 unspecified atom stereocenters. The number of hydrogen-bond donors (Lipinski definition) is 2. The van der Waals surface area contributed by atoms with Crippen LogP contribution in [0, 0.1) is 17.8 Å². The highest BCUT2D eigenvalue weighted by molar-refractivity contribution is 7.14. The summed E-state index contributed by atoms with van der Waals surface area (Å²) in [7, 11) is 2.03. The topological polar surface area (TPSA) is 117 Å². The number of aromatic nitrogens is 2. The van der Waals surface area contributed by atoms with Crippen LogP contribution in [-0.4, -0.2) is 82.9 Å². The summed E-state index contributed by atoms with van der Waals surface area (Å²) < 4.78 is 5.97. The molecule has 1 aliphatic heterocycles. The second-order valence-corrected chi connectivity index (χ2v) is 14.3. The predicted octanol–water partition coefficient (Wildman–Crippen LogP) is 5.44. The summed E-state index contributed by atoms with van der Waals surface area (Å²) in [5.41, 5.74) is 1.72. The number of hydrogen-bond acceptors (Lipinski definition) is 8. The molecule has 3 amide bonds. The van der Waals surface area contributed by atoms with Gasteiger partial charge in [0.05, 0.1) is 5.69 Å². The molecule has 1 saturated heterocycles. The number of amides is 3. The van der Waals surface area contributed by atoms with Crippen LogP contribution in [-0.2, 0) is 4.79 Å². The summed E-state index contributed by atoms with van der Waals surface area (Å²) in [4.78, 5) is 52.9. The Morgan fingerprint density at radius 1 is 1.02 bits per heavy atom. The number of ether oxygens (including phenoxy) is 1. The van der Waals surface area contributed by atoms with E-state index in [2.05, 4.69) is 39.3 Å². The highest BCUT2D eigenvalue weighted by Crippen LogP contribution is 2.46. The lowest BCUT2D eigenvalue weighted by Gasteiger charge is -2.47. The third-order valence-electron chi connectivity index (χ3n) is 9.29. The number of likely N-dealkylation sites (N-methyl/N-ethyl adjacent to an activating group) is 1. The molecule has 3 aliphatic rings. The first-order valence-corrected chi connectivity index (χ1v) is 16.8. The van der Waals surface area contributed by atoms with E-state index in [0.29, 0.717) is 52.8 Å². The first-order valence-electron chi connectivity index (χ1n) is 15.9. The Bertz CT molecular complexity index is 1530. The van der Waals surface area contributed by atoms with Gasteiger partial charge in [0.25, 0.3) is 17.7 Å². The van der Waals surface area contributed by atoms with E-state index in [-0.39, 0.29) is 32.4 Å². The highest BCUT2D eigenvalue weighted by atomic mass is 32.1. The number of carbonyl (C=O) groups is 3. The van der Waals surface area contributed by atoms with Crippen LogP contribution in [0.25, 0.3) is 11.4 Å². The molecule has 1 aromatic carbocycles. The molecular formula is C34H46N6O4S. The lowest BCUT2D eigenvalue weighted by Crippen LogP contribution is -2.53. The third kappa shape index (κ3) is 7.70. The van der Waals surface area contributed by atoms with Gasteiger partial charge in [0.2, 0.25) is 0 Å². The molecule has 2 aromatic heterocycles. The van der Waals surface area contributed by atoms with Crippen LogP contribution >= 0.6 is 11.3 Å². The number of fused-ring (bicyclic) bond motifs is 2. The third-order valence-corrected chi connectivity index (χ3v) is 10.0. The van der Waals surface area contributed by atoms with E-state index in [1.165, 1.54) is 30.6 Å². The Labute approximate surface area is 271 Å². The molecule has 2 bridgehead atoms. The average Bonchev–Trinajstić information content (AvgIpc) is 3.48. The first kappa shape index (κ1) is 31.2. The van der Waals surface area contributed by atoms with Crippen LogP contribution in [0.2, 0.25) is 0 Å². The summed E-state index contributed by atoms with van der Waals surface area (Å²) in [6.07, 6.45) is 7.37. The normalized spacial score (nSPS) is 25.0. The molecule has 0 spiro atoms. The van der Waals surface area contributed by atoms with Crippen molar-refractivity contribution in [1.29, 1.82) is 0 Å². The molecule has 45 heavy (non-hydrogen) atoms. The van der Waals surface area contributed by atoms with Crippen molar-refractivity contribution in [2.24, 2.45) is 17.8 Å². The monoisotopic (exact) mass is 634 g/mol. The van der Waals surface area contributed by atoms with Gasteiger partial charge in [-0.2, -0.15) is 0 Å². The van der Waals surface area contributed by atoms with Crippen molar-refractivity contribution >= 4 is 34.2 Å². The van der Waals surface area contributed by atoms with Crippen molar-refractivity contribution in [3.63, 3.8) is 0 Å². The Kier molecular flexibility index (Phi) is 9.18. The molecule has 2 N–H and O–H groups in total. The van der Waals surface area contributed by atoms with Crippen molar-refractivity contribution in [2.75, 3.05) is 45.2 Å². The molecule has 2 aliphatic carbocycles. The molecule has 2 atom stereocenters. The molecular weight excluding hydrogens is 588 g/mol. The van der Waals surface area contributed by atoms with Crippen molar-refractivity contribution in [3.05, 3.63) is 59.1 Å². The molecule has 0 radical (unpaired) electrons. The van der Waals surface area contributed by atoms with Crippen molar-refractivity contribution < 1.29 is 22.0 Å². The average molecular weight is 635 g/mol. The molecule has 11 heteroatoms. The Hall–Kier alpha value is -3.83. The van der Waals surface area contributed by atoms with Gasteiger partial charge >= 0.3 is 0 Å². The predicted molar refractivity (Wildman–Crippen MR) is 179 cm³/mol. The fraction of sp³-hybridized carbons (Fsp3) is 0.500. The molecule has 6 rings (SSSR count). The van der Waals surface area contributed by atoms with E-state index in [1.807, 2.05) is 30.6 Å². The van der Waals surface area contributed by atoms with Crippen LogP contribution < -0.4 is 15.4 Å². The van der Waals surface area contributed by atoms with Gasteiger partial charge in [-0.1, -0.05) is 13.0 Å². The van der Waals surface area contributed by atoms with Crippen LogP contribution in [0.5, 0.6) is 5.75 Å². The number of nitrogens with one attached hydrogen (secondary N) is 2. The molecule has 2 saturated carbocycles. The van der Waals surface area contributed by atoms with Gasteiger partial charge in [-0.3, -0.25) is 24.7 Å².